The lowest BCUT2D eigenvalue weighted by molar-refractivity contribution is -0.165. The van der Waals surface area contributed by atoms with Crippen molar-refractivity contribution in [3.63, 3.8) is 0 Å². The summed E-state index contributed by atoms with van der Waals surface area (Å²) in [5.41, 5.74) is 0. The summed E-state index contributed by atoms with van der Waals surface area (Å²) in [5.74, 6) is -1.64. The number of esters is 3. The molecule has 0 aromatic carbocycles. The molecule has 0 spiro atoms. The Morgan fingerprint density at radius 3 is 1.78 bits per heavy atom. The Balaban J connectivity index is 4.28. The minimum absolute atomic E-state index is 0.0873. The number of nitrogens with one attached hydrogen (secondary N) is 1. The van der Waals surface area contributed by atoms with Gasteiger partial charge < -0.3 is 43.9 Å². The number of carbonyl (C=O) groups is 4. The van der Waals surface area contributed by atoms with Gasteiger partial charge in [-0.1, -0.05) is 0 Å². The van der Waals surface area contributed by atoms with E-state index in [9.17, 15) is 29.2 Å². The SMILES string of the molecule is CB(O)N(CCCC(=O)OCOC(C)=O)CCN(CCNC(=O)OCOC(C)=O)B(C)O. The minimum atomic E-state index is -0.805. The third-order valence-electron chi connectivity index (χ3n) is 4.16. The molecule has 0 heterocycles. The molecular weight excluding hydrogens is 428 g/mol. The van der Waals surface area contributed by atoms with Crippen molar-refractivity contribution in [3.05, 3.63) is 0 Å². The van der Waals surface area contributed by atoms with Crippen LogP contribution in [0.1, 0.15) is 26.7 Å². The number of alkyl carbamates (subject to hydrolysis) is 1. The highest BCUT2D eigenvalue weighted by Crippen LogP contribution is 2.02. The summed E-state index contributed by atoms with van der Waals surface area (Å²) >= 11 is 0. The second kappa shape index (κ2) is 17.2. The molecule has 0 aliphatic rings. The van der Waals surface area contributed by atoms with Crippen molar-refractivity contribution < 1.29 is 48.2 Å². The first kappa shape index (κ1) is 29.6. The maximum atomic E-state index is 11.6. The Morgan fingerprint density at radius 1 is 0.781 bits per heavy atom. The molecule has 15 heteroatoms. The van der Waals surface area contributed by atoms with Crippen molar-refractivity contribution in [2.75, 3.05) is 46.3 Å². The van der Waals surface area contributed by atoms with Crippen LogP contribution in [0.4, 0.5) is 4.79 Å². The molecule has 0 saturated heterocycles. The Labute approximate surface area is 188 Å². The van der Waals surface area contributed by atoms with Crippen LogP contribution in [0.15, 0.2) is 0 Å². The maximum Gasteiger partial charge on any atom is 0.410 e. The van der Waals surface area contributed by atoms with E-state index in [1.54, 1.807) is 23.3 Å². The second-order valence-corrected chi connectivity index (χ2v) is 6.82. The molecule has 32 heavy (non-hydrogen) atoms. The highest BCUT2D eigenvalue weighted by atomic mass is 16.7. The zero-order valence-electron chi connectivity index (χ0n) is 19.1. The molecule has 13 nitrogen and oxygen atoms in total. The number of amides is 1. The van der Waals surface area contributed by atoms with Crippen LogP contribution >= 0.6 is 0 Å². The molecule has 0 radical (unpaired) electrons. The van der Waals surface area contributed by atoms with E-state index in [2.05, 4.69) is 19.5 Å². The van der Waals surface area contributed by atoms with Gasteiger partial charge >= 0.3 is 38.1 Å². The molecular formula is C17H33B2N3O10. The Kier molecular flexibility index (Phi) is 16.0. The van der Waals surface area contributed by atoms with Gasteiger partial charge in [-0.25, -0.2) is 4.79 Å². The van der Waals surface area contributed by atoms with E-state index < -0.39 is 51.7 Å². The minimum Gasteiger partial charge on any atom is -0.437 e. The Morgan fingerprint density at radius 2 is 1.28 bits per heavy atom. The molecule has 0 atom stereocenters. The van der Waals surface area contributed by atoms with Crippen LogP contribution in [0.3, 0.4) is 0 Å². The zero-order valence-corrected chi connectivity index (χ0v) is 19.1. The zero-order chi connectivity index (χ0) is 24.5. The van der Waals surface area contributed by atoms with Crippen molar-refractivity contribution in [2.45, 2.75) is 40.3 Å². The van der Waals surface area contributed by atoms with E-state index in [0.717, 1.165) is 0 Å². The molecule has 0 bridgehead atoms. The number of carbonyl (C=O) groups excluding carboxylic acids is 4. The fourth-order valence-electron chi connectivity index (χ4n) is 2.42. The van der Waals surface area contributed by atoms with Crippen molar-refractivity contribution in [1.82, 2.24) is 14.9 Å². The van der Waals surface area contributed by atoms with Gasteiger partial charge in [-0.3, -0.25) is 14.4 Å². The smallest absolute Gasteiger partial charge is 0.410 e. The average molecular weight is 461 g/mol. The lowest BCUT2D eigenvalue weighted by Crippen LogP contribution is -2.48. The van der Waals surface area contributed by atoms with Gasteiger partial charge in [0.15, 0.2) is 0 Å². The summed E-state index contributed by atoms with van der Waals surface area (Å²) in [6, 6.07) is 0. The van der Waals surface area contributed by atoms with E-state index in [4.69, 9.17) is 4.74 Å². The molecule has 0 fully saturated rings. The highest BCUT2D eigenvalue weighted by Gasteiger charge is 2.21. The summed E-state index contributed by atoms with van der Waals surface area (Å²) in [4.78, 5) is 47.7. The van der Waals surface area contributed by atoms with Gasteiger partial charge in [-0.2, -0.15) is 0 Å². The lowest BCUT2D eigenvalue weighted by atomic mass is 9.83. The van der Waals surface area contributed by atoms with E-state index in [1.807, 2.05) is 0 Å². The van der Waals surface area contributed by atoms with Gasteiger partial charge in [-0.05, 0) is 26.6 Å². The van der Waals surface area contributed by atoms with Crippen LogP contribution in [-0.2, 0) is 33.3 Å². The fraction of sp³-hybridized carbons (Fsp3) is 0.765. The Hall–Kier alpha value is -2.35. The number of ether oxygens (including phenoxy) is 4. The standard InChI is InChI=1S/C17H33B2N3O10/c1-14(23)29-12-31-16(25)6-5-8-21(18(3)27)10-11-22(19(4)28)9-7-20-17(26)32-13-30-15(2)24/h27-28H,5-13H2,1-4H3,(H,20,26). The van der Waals surface area contributed by atoms with Gasteiger partial charge in [0.25, 0.3) is 0 Å². The van der Waals surface area contributed by atoms with Crippen LogP contribution in [0.2, 0.25) is 13.6 Å². The molecule has 3 N–H and O–H groups in total. The van der Waals surface area contributed by atoms with Gasteiger partial charge in [0, 0.05) is 46.4 Å². The quantitative estimate of drug-likeness (QED) is 0.145. The topological polar surface area (TPSA) is 164 Å². The van der Waals surface area contributed by atoms with Crippen LogP contribution in [0.5, 0.6) is 0 Å². The summed E-state index contributed by atoms with van der Waals surface area (Å²) in [5, 5.41) is 22.4. The molecule has 0 aromatic heterocycles. The molecule has 0 aliphatic heterocycles. The van der Waals surface area contributed by atoms with Crippen LogP contribution in [0.25, 0.3) is 0 Å². The van der Waals surface area contributed by atoms with Gasteiger partial charge in [0.1, 0.15) is 0 Å². The maximum absolute atomic E-state index is 11.6. The summed E-state index contributed by atoms with van der Waals surface area (Å²) in [7, 11) is -1.58. The predicted molar refractivity (Wildman–Crippen MR) is 114 cm³/mol. The molecule has 0 aromatic rings. The molecule has 1 amide bonds. The summed E-state index contributed by atoms with van der Waals surface area (Å²) in [6.45, 7) is 6.29. The predicted octanol–water partition coefficient (Wildman–Crippen LogP) is -1.10. The van der Waals surface area contributed by atoms with Crippen LogP contribution in [0, 0.1) is 0 Å². The van der Waals surface area contributed by atoms with E-state index in [0.29, 0.717) is 32.6 Å². The lowest BCUT2D eigenvalue weighted by Gasteiger charge is -2.29. The molecule has 0 saturated carbocycles. The van der Waals surface area contributed by atoms with Gasteiger partial charge in [0.05, 0.1) is 0 Å². The normalized spacial score (nSPS) is 10.5. The second-order valence-electron chi connectivity index (χ2n) is 6.82. The van der Waals surface area contributed by atoms with Crippen molar-refractivity contribution >= 4 is 38.1 Å². The van der Waals surface area contributed by atoms with E-state index in [-0.39, 0.29) is 13.0 Å². The van der Waals surface area contributed by atoms with Crippen LogP contribution < -0.4 is 5.32 Å². The third-order valence-corrected chi connectivity index (χ3v) is 4.16. The number of hydrogen-bond donors (Lipinski definition) is 3. The molecule has 0 unspecified atom stereocenters. The van der Waals surface area contributed by atoms with Gasteiger partial charge in [-0.15, -0.1) is 0 Å². The molecule has 0 rings (SSSR count). The summed E-state index contributed by atoms with van der Waals surface area (Å²) in [6.07, 6.45) is -0.263. The third kappa shape index (κ3) is 16.4. The van der Waals surface area contributed by atoms with Crippen LogP contribution in [-0.4, -0.2) is 104 Å². The first-order valence-electron chi connectivity index (χ1n) is 10.2. The fourth-order valence-corrected chi connectivity index (χ4v) is 2.42. The van der Waals surface area contributed by atoms with E-state index in [1.165, 1.54) is 13.8 Å². The van der Waals surface area contributed by atoms with Crippen molar-refractivity contribution in [3.8, 4) is 0 Å². The Bertz CT molecular complexity index is 545. The number of hydrogen-bond acceptors (Lipinski definition) is 12. The monoisotopic (exact) mass is 461 g/mol. The number of rotatable bonds is 16. The largest absolute Gasteiger partial charge is 0.437 e. The molecule has 182 valence electrons. The van der Waals surface area contributed by atoms with Crippen molar-refractivity contribution in [2.24, 2.45) is 0 Å². The molecule has 0 aliphatic carbocycles. The van der Waals surface area contributed by atoms with E-state index >= 15 is 0 Å². The first-order chi connectivity index (χ1) is 15.0. The average Bonchev–Trinajstić information content (AvgIpc) is 2.67. The number of nitrogens with zero attached hydrogens (tertiary/aromatic N) is 2. The van der Waals surface area contributed by atoms with Gasteiger partial charge in [0.2, 0.25) is 13.6 Å². The summed E-state index contributed by atoms with van der Waals surface area (Å²) < 4.78 is 18.4. The highest BCUT2D eigenvalue weighted by molar-refractivity contribution is 6.46. The van der Waals surface area contributed by atoms with Crippen molar-refractivity contribution in [1.29, 1.82) is 0 Å². The first-order valence-corrected chi connectivity index (χ1v) is 10.2.